The first kappa shape index (κ1) is 13.7. The van der Waals surface area contributed by atoms with Gasteiger partial charge in [0.1, 0.15) is 0 Å². The highest BCUT2D eigenvalue weighted by Gasteiger charge is 2.14. The molecule has 0 fully saturated rings. The Morgan fingerprint density at radius 2 is 2.24 bits per heavy atom. The summed E-state index contributed by atoms with van der Waals surface area (Å²) in [6.45, 7) is 2.88. The molecule has 1 amide bonds. The highest BCUT2D eigenvalue weighted by atomic mass is 16.1. The Morgan fingerprint density at radius 1 is 1.38 bits per heavy atom. The van der Waals surface area contributed by atoms with Gasteiger partial charge in [-0.15, -0.1) is 0 Å². The summed E-state index contributed by atoms with van der Waals surface area (Å²) in [5, 5.41) is 10.8. The maximum absolute atomic E-state index is 11.4. The molecule has 1 aliphatic rings. The second-order valence-corrected chi connectivity index (χ2v) is 5.40. The van der Waals surface area contributed by atoms with E-state index in [1.54, 1.807) is 0 Å². The van der Waals surface area contributed by atoms with Crippen LogP contribution in [0.25, 0.3) is 0 Å². The predicted molar refractivity (Wildman–Crippen MR) is 83.3 cm³/mol. The molecular formula is C16H20N4O. The van der Waals surface area contributed by atoms with E-state index in [9.17, 15) is 4.79 Å². The molecule has 0 saturated heterocycles. The minimum Gasteiger partial charge on any atom is -0.381 e. The summed E-state index contributed by atoms with van der Waals surface area (Å²) in [6.07, 6.45) is 4.38. The summed E-state index contributed by atoms with van der Waals surface area (Å²) >= 11 is 0. The minimum atomic E-state index is 0.103. The van der Waals surface area contributed by atoms with Crippen molar-refractivity contribution in [2.24, 2.45) is 7.05 Å². The van der Waals surface area contributed by atoms with Crippen LogP contribution in [0.5, 0.6) is 0 Å². The Bertz CT molecular complexity index is 675. The molecule has 2 aromatic rings. The lowest BCUT2D eigenvalue weighted by molar-refractivity contribution is -0.116. The van der Waals surface area contributed by atoms with Crippen LogP contribution in [0.3, 0.4) is 0 Å². The Kier molecular flexibility index (Phi) is 3.64. The SMILES string of the molecule is CCc1nn(C)cc1CNc1ccc2c(c1)CCC(=O)N2. The third-order valence-electron chi connectivity index (χ3n) is 3.81. The number of carbonyl (C=O) groups excluding carboxylic acids is 1. The summed E-state index contributed by atoms with van der Waals surface area (Å²) in [6, 6.07) is 6.10. The maximum Gasteiger partial charge on any atom is 0.224 e. The first-order valence-corrected chi connectivity index (χ1v) is 7.33. The zero-order chi connectivity index (χ0) is 14.8. The van der Waals surface area contributed by atoms with Gasteiger partial charge in [0.15, 0.2) is 0 Å². The Labute approximate surface area is 124 Å². The summed E-state index contributed by atoms with van der Waals surface area (Å²) < 4.78 is 1.86. The first-order valence-electron chi connectivity index (χ1n) is 7.33. The smallest absolute Gasteiger partial charge is 0.224 e. The molecule has 5 heteroatoms. The maximum atomic E-state index is 11.4. The highest BCUT2D eigenvalue weighted by molar-refractivity contribution is 5.94. The van der Waals surface area contributed by atoms with Gasteiger partial charge in [-0.1, -0.05) is 6.92 Å². The number of nitrogens with one attached hydrogen (secondary N) is 2. The van der Waals surface area contributed by atoms with E-state index in [0.29, 0.717) is 6.42 Å². The number of hydrogen-bond donors (Lipinski definition) is 2. The fraction of sp³-hybridized carbons (Fsp3) is 0.375. The van der Waals surface area contributed by atoms with E-state index in [0.717, 1.165) is 36.5 Å². The number of aromatic nitrogens is 2. The van der Waals surface area contributed by atoms with Crippen LogP contribution in [0.2, 0.25) is 0 Å². The van der Waals surface area contributed by atoms with Gasteiger partial charge in [0, 0.05) is 43.1 Å². The molecule has 0 aliphatic carbocycles. The third kappa shape index (κ3) is 2.91. The van der Waals surface area contributed by atoms with Crippen LogP contribution >= 0.6 is 0 Å². The molecule has 3 rings (SSSR count). The van der Waals surface area contributed by atoms with Gasteiger partial charge in [-0.2, -0.15) is 5.10 Å². The number of amides is 1. The van der Waals surface area contributed by atoms with Crippen LogP contribution in [0.1, 0.15) is 30.2 Å². The van der Waals surface area contributed by atoms with Crippen molar-refractivity contribution in [3.8, 4) is 0 Å². The van der Waals surface area contributed by atoms with E-state index in [2.05, 4.69) is 34.9 Å². The number of carbonyl (C=O) groups is 1. The molecule has 1 aromatic carbocycles. The van der Waals surface area contributed by atoms with Gasteiger partial charge in [0.05, 0.1) is 5.69 Å². The predicted octanol–water partition coefficient (Wildman–Crippen LogP) is 2.48. The Hall–Kier alpha value is -2.30. The average Bonchev–Trinajstić information content (AvgIpc) is 2.85. The van der Waals surface area contributed by atoms with Crippen molar-refractivity contribution in [2.45, 2.75) is 32.7 Å². The van der Waals surface area contributed by atoms with Crippen LogP contribution in [0.4, 0.5) is 11.4 Å². The minimum absolute atomic E-state index is 0.103. The van der Waals surface area contributed by atoms with Crippen molar-refractivity contribution in [3.63, 3.8) is 0 Å². The zero-order valence-electron chi connectivity index (χ0n) is 12.4. The summed E-state index contributed by atoms with van der Waals surface area (Å²) in [4.78, 5) is 11.4. The quantitative estimate of drug-likeness (QED) is 0.907. The second kappa shape index (κ2) is 5.60. The van der Waals surface area contributed by atoms with E-state index < -0.39 is 0 Å². The van der Waals surface area contributed by atoms with Gasteiger partial charge in [-0.05, 0) is 36.6 Å². The number of anilines is 2. The highest BCUT2D eigenvalue weighted by Crippen LogP contribution is 2.26. The van der Waals surface area contributed by atoms with Crippen molar-refractivity contribution < 1.29 is 4.79 Å². The largest absolute Gasteiger partial charge is 0.381 e. The van der Waals surface area contributed by atoms with Gasteiger partial charge in [0.2, 0.25) is 5.91 Å². The third-order valence-corrected chi connectivity index (χ3v) is 3.81. The van der Waals surface area contributed by atoms with Crippen molar-refractivity contribution >= 4 is 17.3 Å². The van der Waals surface area contributed by atoms with Gasteiger partial charge < -0.3 is 10.6 Å². The van der Waals surface area contributed by atoms with Crippen LogP contribution in [0.15, 0.2) is 24.4 Å². The Balaban J connectivity index is 1.72. The fourth-order valence-corrected chi connectivity index (χ4v) is 2.72. The van der Waals surface area contributed by atoms with Gasteiger partial charge >= 0.3 is 0 Å². The molecule has 1 aliphatic heterocycles. The van der Waals surface area contributed by atoms with Crippen molar-refractivity contribution in [3.05, 3.63) is 41.2 Å². The lowest BCUT2D eigenvalue weighted by atomic mass is 10.0. The molecule has 2 N–H and O–H groups in total. The molecule has 0 atom stereocenters. The second-order valence-electron chi connectivity index (χ2n) is 5.40. The molecule has 2 heterocycles. The van der Waals surface area contributed by atoms with E-state index in [4.69, 9.17) is 0 Å². The first-order chi connectivity index (χ1) is 10.2. The molecule has 110 valence electrons. The molecule has 21 heavy (non-hydrogen) atoms. The summed E-state index contributed by atoms with van der Waals surface area (Å²) in [5.41, 5.74) is 5.57. The summed E-state index contributed by atoms with van der Waals surface area (Å²) in [7, 11) is 1.95. The number of rotatable bonds is 4. The molecule has 0 bridgehead atoms. The lowest BCUT2D eigenvalue weighted by Gasteiger charge is -2.18. The molecule has 0 saturated carbocycles. The van der Waals surface area contributed by atoms with Crippen molar-refractivity contribution in [2.75, 3.05) is 10.6 Å². The normalized spacial score (nSPS) is 13.7. The van der Waals surface area contributed by atoms with E-state index in [1.165, 1.54) is 11.1 Å². The summed E-state index contributed by atoms with van der Waals surface area (Å²) in [5.74, 6) is 0.103. The van der Waals surface area contributed by atoms with Gasteiger partial charge in [-0.25, -0.2) is 0 Å². The van der Waals surface area contributed by atoms with E-state index >= 15 is 0 Å². The van der Waals surface area contributed by atoms with Crippen molar-refractivity contribution in [1.82, 2.24) is 9.78 Å². The molecule has 0 unspecified atom stereocenters. The van der Waals surface area contributed by atoms with Gasteiger partial charge in [0.25, 0.3) is 0 Å². The molecule has 5 nitrogen and oxygen atoms in total. The number of aryl methyl sites for hydroxylation is 3. The van der Waals surface area contributed by atoms with Crippen LogP contribution in [-0.4, -0.2) is 15.7 Å². The number of fused-ring (bicyclic) bond motifs is 1. The standard InChI is InChI=1S/C16H20N4O/c1-3-14-12(10-20(2)19-14)9-17-13-5-6-15-11(8-13)4-7-16(21)18-15/h5-6,8,10,17H,3-4,7,9H2,1-2H3,(H,18,21). The van der Waals surface area contributed by atoms with Crippen LogP contribution in [0, 0.1) is 0 Å². The molecule has 0 radical (unpaired) electrons. The lowest BCUT2D eigenvalue weighted by Crippen LogP contribution is -2.19. The Morgan fingerprint density at radius 3 is 3.05 bits per heavy atom. The van der Waals surface area contributed by atoms with E-state index in [1.807, 2.05) is 23.9 Å². The number of benzene rings is 1. The zero-order valence-corrected chi connectivity index (χ0v) is 12.4. The molecular weight excluding hydrogens is 264 g/mol. The molecule has 1 aromatic heterocycles. The van der Waals surface area contributed by atoms with Crippen LogP contribution in [-0.2, 0) is 31.2 Å². The number of hydrogen-bond acceptors (Lipinski definition) is 3. The number of nitrogens with zero attached hydrogens (tertiary/aromatic N) is 2. The average molecular weight is 284 g/mol. The fourth-order valence-electron chi connectivity index (χ4n) is 2.72. The monoisotopic (exact) mass is 284 g/mol. The van der Waals surface area contributed by atoms with Crippen molar-refractivity contribution in [1.29, 1.82) is 0 Å². The van der Waals surface area contributed by atoms with E-state index in [-0.39, 0.29) is 5.91 Å². The topological polar surface area (TPSA) is 59.0 Å². The van der Waals surface area contributed by atoms with Crippen LogP contribution < -0.4 is 10.6 Å². The van der Waals surface area contributed by atoms with Gasteiger partial charge in [-0.3, -0.25) is 9.48 Å². The molecule has 0 spiro atoms.